The molecule has 2 rings (SSSR count). The maximum absolute atomic E-state index is 10.9. The number of ether oxygens (including phenoxy) is 1. The highest BCUT2D eigenvalue weighted by molar-refractivity contribution is 9.10. The molecule has 0 N–H and O–H groups in total. The van der Waals surface area contributed by atoms with Crippen molar-refractivity contribution in [3.8, 4) is 11.8 Å². The van der Waals surface area contributed by atoms with E-state index in [-0.39, 0.29) is 11.6 Å². The molecule has 0 saturated carbocycles. The van der Waals surface area contributed by atoms with Crippen LogP contribution < -0.4 is 4.74 Å². The van der Waals surface area contributed by atoms with Gasteiger partial charge in [-0.2, -0.15) is 5.10 Å². The molecule has 0 aliphatic rings. The molecule has 0 aliphatic heterocycles. The zero-order valence-electron chi connectivity index (χ0n) is 9.62. The minimum Gasteiger partial charge on any atom is -0.415 e. The van der Waals surface area contributed by atoms with Crippen molar-refractivity contribution in [3.05, 3.63) is 38.6 Å². The van der Waals surface area contributed by atoms with Crippen molar-refractivity contribution in [2.24, 2.45) is 7.05 Å². The third-order valence-electron chi connectivity index (χ3n) is 2.16. The molecule has 0 fully saturated rings. The zero-order valence-corrected chi connectivity index (χ0v) is 11.2. The van der Waals surface area contributed by atoms with E-state index in [9.17, 15) is 10.1 Å². The molecule has 0 amide bonds. The molecule has 0 aromatic carbocycles. The highest BCUT2D eigenvalue weighted by Crippen LogP contribution is 2.31. The van der Waals surface area contributed by atoms with Gasteiger partial charge in [0.1, 0.15) is 0 Å². The van der Waals surface area contributed by atoms with Gasteiger partial charge in [-0.3, -0.25) is 10.1 Å². The number of nitrogens with zero attached hydrogens (tertiary/aromatic N) is 4. The van der Waals surface area contributed by atoms with Crippen molar-refractivity contribution in [3.63, 3.8) is 0 Å². The number of hydrogen-bond acceptors (Lipinski definition) is 5. The van der Waals surface area contributed by atoms with E-state index < -0.39 is 4.92 Å². The van der Waals surface area contributed by atoms with Gasteiger partial charge in [0, 0.05) is 29.8 Å². The third kappa shape index (κ3) is 2.48. The van der Waals surface area contributed by atoms with Crippen molar-refractivity contribution in [1.82, 2.24) is 14.8 Å². The van der Waals surface area contributed by atoms with E-state index in [4.69, 9.17) is 4.74 Å². The van der Waals surface area contributed by atoms with E-state index in [0.29, 0.717) is 10.4 Å². The summed E-state index contributed by atoms with van der Waals surface area (Å²) in [5, 5.41) is 15.0. The number of rotatable bonds is 3. The topological polar surface area (TPSA) is 83.1 Å². The normalized spacial score (nSPS) is 10.4. The lowest BCUT2D eigenvalue weighted by molar-refractivity contribution is -0.386. The van der Waals surface area contributed by atoms with Crippen molar-refractivity contribution in [2.45, 2.75) is 6.92 Å². The van der Waals surface area contributed by atoms with Gasteiger partial charge in [0.15, 0.2) is 0 Å². The maximum Gasteiger partial charge on any atom is 0.332 e. The van der Waals surface area contributed by atoms with Gasteiger partial charge in [-0.1, -0.05) is 0 Å². The molecule has 2 aromatic rings. The number of halogens is 1. The molecule has 0 spiro atoms. The monoisotopic (exact) mass is 312 g/mol. The summed E-state index contributed by atoms with van der Waals surface area (Å²) in [5.74, 6) is 0.330. The second-order valence-electron chi connectivity index (χ2n) is 3.58. The van der Waals surface area contributed by atoms with Crippen LogP contribution in [-0.4, -0.2) is 19.7 Å². The van der Waals surface area contributed by atoms with Crippen molar-refractivity contribution in [1.29, 1.82) is 0 Å². The Hall–Kier alpha value is -1.96. The Morgan fingerprint density at radius 2 is 2.22 bits per heavy atom. The lowest BCUT2D eigenvalue weighted by atomic mass is 10.4. The largest absolute Gasteiger partial charge is 0.415 e. The predicted octanol–water partition coefficient (Wildman–Crippen LogP) is 2.59. The van der Waals surface area contributed by atoms with Gasteiger partial charge in [-0.05, 0) is 22.9 Å². The highest BCUT2D eigenvalue weighted by atomic mass is 79.9. The first-order valence-electron chi connectivity index (χ1n) is 4.96. The average molecular weight is 313 g/mol. The summed E-state index contributed by atoms with van der Waals surface area (Å²) in [6, 6.07) is 3.01. The molecule has 0 aliphatic carbocycles. The first kappa shape index (κ1) is 12.5. The molecule has 0 unspecified atom stereocenters. The minimum atomic E-state index is -0.545. The average Bonchev–Trinajstić information content (AvgIpc) is 2.60. The first-order valence-corrected chi connectivity index (χ1v) is 5.75. The van der Waals surface area contributed by atoms with Crippen LogP contribution in [0, 0.1) is 17.0 Å². The summed E-state index contributed by atoms with van der Waals surface area (Å²) in [4.78, 5) is 14.2. The molecule has 0 saturated heterocycles. The second-order valence-corrected chi connectivity index (χ2v) is 4.50. The third-order valence-corrected chi connectivity index (χ3v) is 2.59. The molecule has 2 heterocycles. The predicted molar refractivity (Wildman–Crippen MR) is 66.6 cm³/mol. The summed E-state index contributed by atoms with van der Waals surface area (Å²) in [5.41, 5.74) is 0.551. The molecular weight excluding hydrogens is 304 g/mol. The van der Waals surface area contributed by atoms with E-state index in [0.717, 1.165) is 5.69 Å². The van der Waals surface area contributed by atoms with E-state index in [1.807, 2.05) is 0 Å². The Labute approximate surface area is 111 Å². The van der Waals surface area contributed by atoms with Crippen LogP contribution in [0.4, 0.5) is 5.69 Å². The van der Waals surface area contributed by atoms with Gasteiger partial charge in [0.25, 0.3) is 0 Å². The number of aromatic nitrogens is 3. The summed E-state index contributed by atoms with van der Waals surface area (Å²) in [6.45, 7) is 1.80. The number of hydrogen-bond donors (Lipinski definition) is 0. The highest BCUT2D eigenvalue weighted by Gasteiger charge is 2.19. The maximum atomic E-state index is 10.9. The molecule has 0 atom stereocenters. The summed E-state index contributed by atoms with van der Waals surface area (Å²) < 4.78 is 7.41. The van der Waals surface area contributed by atoms with Crippen LogP contribution in [0.2, 0.25) is 0 Å². The number of nitro groups is 1. The van der Waals surface area contributed by atoms with Crippen molar-refractivity contribution >= 4 is 21.6 Å². The van der Waals surface area contributed by atoms with Crippen molar-refractivity contribution < 1.29 is 9.66 Å². The fourth-order valence-electron chi connectivity index (χ4n) is 1.41. The molecule has 8 heteroatoms. The first-order chi connectivity index (χ1) is 8.47. The van der Waals surface area contributed by atoms with E-state index in [2.05, 4.69) is 26.0 Å². The quantitative estimate of drug-likeness (QED) is 0.642. The smallest absolute Gasteiger partial charge is 0.332 e. The zero-order chi connectivity index (χ0) is 13.3. The van der Waals surface area contributed by atoms with Crippen LogP contribution in [0.15, 0.2) is 22.8 Å². The van der Waals surface area contributed by atoms with Crippen LogP contribution in [0.1, 0.15) is 5.69 Å². The Balaban J connectivity index is 2.40. The molecule has 2 aromatic heterocycles. The van der Waals surface area contributed by atoms with Crippen LogP contribution in [0.3, 0.4) is 0 Å². The van der Waals surface area contributed by atoms with E-state index in [1.165, 1.54) is 16.9 Å². The summed E-state index contributed by atoms with van der Waals surface area (Å²) in [7, 11) is 1.69. The van der Waals surface area contributed by atoms with Gasteiger partial charge in [0.05, 0.1) is 10.6 Å². The van der Waals surface area contributed by atoms with Gasteiger partial charge in [-0.15, -0.1) is 0 Å². The van der Waals surface area contributed by atoms with Crippen LogP contribution in [0.25, 0.3) is 0 Å². The van der Waals surface area contributed by atoms with Crippen LogP contribution in [0.5, 0.6) is 11.8 Å². The lowest BCUT2D eigenvalue weighted by Gasteiger charge is -2.04. The van der Waals surface area contributed by atoms with Gasteiger partial charge in [0.2, 0.25) is 5.88 Å². The van der Waals surface area contributed by atoms with Gasteiger partial charge < -0.3 is 4.74 Å². The van der Waals surface area contributed by atoms with E-state index >= 15 is 0 Å². The molecular formula is C10H9BrN4O3. The van der Waals surface area contributed by atoms with Crippen LogP contribution >= 0.6 is 15.9 Å². The molecule has 0 radical (unpaired) electrons. The molecule has 94 valence electrons. The standard InChI is InChI=1S/C10H9BrN4O3/c1-6-3-9(14(2)13-6)18-10-8(15(16)17)4-7(11)5-12-10/h3-5H,1-2H3. The van der Waals surface area contributed by atoms with Crippen molar-refractivity contribution in [2.75, 3.05) is 0 Å². The summed E-state index contributed by atoms with van der Waals surface area (Å²) >= 11 is 3.13. The second kappa shape index (κ2) is 4.73. The molecule has 7 nitrogen and oxygen atoms in total. The fourth-order valence-corrected chi connectivity index (χ4v) is 1.73. The van der Waals surface area contributed by atoms with E-state index in [1.54, 1.807) is 20.0 Å². The fraction of sp³-hybridized carbons (Fsp3) is 0.200. The molecule has 0 bridgehead atoms. The number of pyridine rings is 1. The van der Waals surface area contributed by atoms with Gasteiger partial charge in [-0.25, -0.2) is 9.67 Å². The Bertz CT molecular complexity index is 611. The SMILES string of the molecule is Cc1cc(Oc2ncc(Br)cc2[N+](=O)[O-])n(C)n1. The van der Waals surface area contributed by atoms with Crippen LogP contribution in [-0.2, 0) is 7.05 Å². The Morgan fingerprint density at radius 1 is 1.50 bits per heavy atom. The Morgan fingerprint density at radius 3 is 2.78 bits per heavy atom. The van der Waals surface area contributed by atoms with Gasteiger partial charge >= 0.3 is 11.6 Å². The number of aryl methyl sites for hydroxylation is 2. The molecule has 18 heavy (non-hydrogen) atoms. The Kier molecular flexibility index (Phi) is 3.28. The summed E-state index contributed by atoms with van der Waals surface area (Å²) in [6.07, 6.45) is 1.44. The minimum absolute atomic E-state index is 0.0637. The lowest BCUT2D eigenvalue weighted by Crippen LogP contribution is -1.99.